The lowest BCUT2D eigenvalue weighted by Crippen LogP contribution is -2.31. The highest BCUT2D eigenvalue weighted by Gasteiger charge is 2.33. The molecule has 0 spiro atoms. The number of likely N-dealkylation sites (tertiary alicyclic amines) is 1. The van der Waals surface area contributed by atoms with Gasteiger partial charge in [0.25, 0.3) is 5.69 Å². The van der Waals surface area contributed by atoms with Crippen molar-refractivity contribution in [2.24, 2.45) is 11.8 Å². The van der Waals surface area contributed by atoms with E-state index in [0.29, 0.717) is 25.1 Å². The van der Waals surface area contributed by atoms with E-state index in [0.717, 1.165) is 0 Å². The highest BCUT2D eigenvalue weighted by atomic mass is 16.6. The fourth-order valence-corrected chi connectivity index (χ4v) is 2.44. The lowest BCUT2D eigenvalue weighted by molar-refractivity contribution is -0.384. The number of esters is 1. The molecule has 2 rings (SSSR count). The minimum absolute atomic E-state index is 0.0163. The van der Waals surface area contributed by atoms with Crippen molar-refractivity contribution in [3.63, 3.8) is 0 Å². The standard InChI is InChI=1S/C17H22N2O6/c1-12(2)10-24-16(20)14-7-8-18(9-14)17(21)25-11-13-3-5-15(6-4-13)19(22)23/h3-6,12,14H,7-11H2,1-2H3. The second-order valence-corrected chi connectivity index (χ2v) is 6.43. The van der Waals surface area contributed by atoms with Crippen LogP contribution in [0.1, 0.15) is 25.8 Å². The number of rotatable bonds is 6. The van der Waals surface area contributed by atoms with E-state index < -0.39 is 11.0 Å². The maximum absolute atomic E-state index is 12.1. The lowest BCUT2D eigenvalue weighted by atomic mass is 10.1. The van der Waals surface area contributed by atoms with Crippen molar-refractivity contribution in [2.45, 2.75) is 26.9 Å². The number of benzene rings is 1. The summed E-state index contributed by atoms with van der Waals surface area (Å²) in [5.74, 6) is -0.321. The third-order valence-corrected chi connectivity index (χ3v) is 3.85. The minimum Gasteiger partial charge on any atom is -0.465 e. The summed E-state index contributed by atoms with van der Waals surface area (Å²) in [6.45, 7) is 5.06. The van der Waals surface area contributed by atoms with Crippen molar-refractivity contribution < 1.29 is 24.0 Å². The summed E-state index contributed by atoms with van der Waals surface area (Å²) in [5.41, 5.74) is 0.642. The van der Waals surface area contributed by atoms with Gasteiger partial charge in [-0.25, -0.2) is 4.79 Å². The molecule has 1 heterocycles. The van der Waals surface area contributed by atoms with Crippen molar-refractivity contribution >= 4 is 17.7 Å². The number of nitro benzene ring substituents is 1. The van der Waals surface area contributed by atoms with Crippen LogP contribution in [0.25, 0.3) is 0 Å². The highest BCUT2D eigenvalue weighted by Crippen LogP contribution is 2.20. The number of hydrogen-bond donors (Lipinski definition) is 0. The smallest absolute Gasteiger partial charge is 0.410 e. The zero-order chi connectivity index (χ0) is 18.4. The van der Waals surface area contributed by atoms with Crippen molar-refractivity contribution in [1.29, 1.82) is 0 Å². The summed E-state index contributed by atoms with van der Waals surface area (Å²) in [6, 6.07) is 5.81. The summed E-state index contributed by atoms with van der Waals surface area (Å²) in [4.78, 5) is 35.6. The van der Waals surface area contributed by atoms with Gasteiger partial charge in [0.2, 0.25) is 0 Å². The molecular formula is C17H22N2O6. The van der Waals surface area contributed by atoms with Crippen LogP contribution >= 0.6 is 0 Å². The molecule has 1 aliphatic heterocycles. The molecule has 8 nitrogen and oxygen atoms in total. The van der Waals surface area contributed by atoms with Gasteiger partial charge in [0.05, 0.1) is 17.4 Å². The quantitative estimate of drug-likeness (QED) is 0.444. The van der Waals surface area contributed by atoms with Crippen LogP contribution in [-0.2, 0) is 20.9 Å². The van der Waals surface area contributed by atoms with E-state index in [1.807, 2.05) is 13.8 Å². The Hall–Kier alpha value is -2.64. The first kappa shape index (κ1) is 18.7. The largest absolute Gasteiger partial charge is 0.465 e. The fourth-order valence-electron chi connectivity index (χ4n) is 2.44. The van der Waals surface area contributed by atoms with Crippen LogP contribution in [0.2, 0.25) is 0 Å². The van der Waals surface area contributed by atoms with E-state index >= 15 is 0 Å². The number of non-ortho nitro benzene ring substituents is 1. The normalized spacial score (nSPS) is 16.8. The molecular weight excluding hydrogens is 328 g/mol. The van der Waals surface area contributed by atoms with Gasteiger partial charge in [0.15, 0.2) is 0 Å². The van der Waals surface area contributed by atoms with Crippen LogP contribution in [0.15, 0.2) is 24.3 Å². The Morgan fingerprint density at radius 3 is 2.56 bits per heavy atom. The van der Waals surface area contributed by atoms with Crippen molar-refractivity contribution in [3.05, 3.63) is 39.9 Å². The molecule has 1 saturated heterocycles. The molecule has 1 aliphatic rings. The van der Waals surface area contributed by atoms with E-state index in [1.54, 1.807) is 12.1 Å². The van der Waals surface area contributed by atoms with Gasteiger partial charge in [-0.15, -0.1) is 0 Å². The molecule has 1 aromatic rings. The summed E-state index contributed by atoms with van der Waals surface area (Å²) < 4.78 is 10.4. The Labute approximate surface area is 145 Å². The third-order valence-electron chi connectivity index (χ3n) is 3.85. The van der Waals surface area contributed by atoms with Gasteiger partial charge in [-0.2, -0.15) is 0 Å². The summed E-state index contributed by atoms with van der Waals surface area (Å²) >= 11 is 0. The topological polar surface area (TPSA) is 99.0 Å². The van der Waals surface area contributed by atoms with Gasteiger partial charge in [0.1, 0.15) is 6.61 Å². The molecule has 1 fully saturated rings. The van der Waals surface area contributed by atoms with Gasteiger partial charge in [-0.1, -0.05) is 13.8 Å². The number of carbonyl (C=O) groups is 2. The predicted molar refractivity (Wildman–Crippen MR) is 88.8 cm³/mol. The average Bonchev–Trinajstić information content (AvgIpc) is 3.08. The fraction of sp³-hybridized carbons (Fsp3) is 0.529. The van der Waals surface area contributed by atoms with Crippen molar-refractivity contribution in [2.75, 3.05) is 19.7 Å². The number of ether oxygens (including phenoxy) is 2. The zero-order valence-corrected chi connectivity index (χ0v) is 14.3. The first-order valence-corrected chi connectivity index (χ1v) is 8.18. The maximum Gasteiger partial charge on any atom is 0.410 e. The molecule has 136 valence electrons. The first-order chi connectivity index (χ1) is 11.9. The molecule has 0 N–H and O–H groups in total. The molecule has 0 bridgehead atoms. The summed E-state index contributed by atoms with van der Waals surface area (Å²) in [5, 5.41) is 10.6. The number of carbonyl (C=O) groups excluding carboxylic acids is 2. The predicted octanol–water partition coefficient (Wildman–Crippen LogP) is 2.75. The van der Waals surface area contributed by atoms with E-state index in [-0.39, 0.29) is 36.6 Å². The van der Waals surface area contributed by atoms with Gasteiger partial charge in [0, 0.05) is 25.2 Å². The maximum atomic E-state index is 12.1. The second-order valence-electron chi connectivity index (χ2n) is 6.43. The summed E-state index contributed by atoms with van der Waals surface area (Å²) in [7, 11) is 0. The SMILES string of the molecule is CC(C)COC(=O)C1CCN(C(=O)OCc2ccc([N+](=O)[O-])cc2)C1. The Bertz CT molecular complexity index is 629. The van der Waals surface area contributed by atoms with Gasteiger partial charge < -0.3 is 14.4 Å². The minimum atomic E-state index is -0.502. The van der Waals surface area contributed by atoms with E-state index in [1.165, 1.54) is 17.0 Å². The molecule has 1 amide bonds. The van der Waals surface area contributed by atoms with E-state index in [9.17, 15) is 19.7 Å². The second kappa shape index (κ2) is 8.46. The van der Waals surface area contributed by atoms with E-state index in [4.69, 9.17) is 9.47 Å². The third kappa shape index (κ3) is 5.44. The van der Waals surface area contributed by atoms with Gasteiger partial charge in [-0.3, -0.25) is 14.9 Å². The molecule has 1 aromatic carbocycles. The molecule has 0 saturated carbocycles. The Morgan fingerprint density at radius 2 is 1.96 bits per heavy atom. The molecule has 0 aliphatic carbocycles. The van der Waals surface area contributed by atoms with Crippen LogP contribution in [0.3, 0.4) is 0 Å². The van der Waals surface area contributed by atoms with Crippen LogP contribution in [0.4, 0.5) is 10.5 Å². The van der Waals surface area contributed by atoms with Gasteiger partial charge >= 0.3 is 12.1 Å². The Kier molecular flexibility index (Phi) is 6.32. The highest BCUT2D eigenvalue weighted by molar-refractivity contribution is 5.75. The van der Waals surface area contributed by atoms with Crippen LogP contribution in [0.5, 0.6) is 0 Å². The number of nitrogens with zero attached hydrogens (tertiary/aromatic N) is 2. The molecule has 25 heavy (non-hydrogen) atoms. The molecule has 1 atom stereocenters. The molecule has 0 aromatic heterocycles. The number of amides is 1. The molecule has 1 unspecified atom stereocenters. The van der Waals surface area contributed by atoms with Crippen LogP contribution in [0, 0.1) is 22.0 Å². The van der Waals surface area contributed by atoms with Crippen LogP contribution in [-0.4, -0.2) is 41.6 Å². The zero-order valence-electron chi connectivity index (χ0n) is 14.3. The average molecular weight is 350 g/mol. The van der Waals surface area contributed by atoms with E-state index in [2.05, 4.69) is 0 Å². The van der Waals surface area contributed by atoms with Gasteiger partial charge in [-0.05, 0) is 30.0 Å². The monoisotopic (exact) mass is 350 g/mol. The Morgan fingerprint density at radius 1 is 1.28 bits per heavy atom. The van der Waals surface area contributed by atoms with Crippen molar-refractivity contribution in [3.8, 4) is 0 Å². The lowest BCUT2D eigenvalue weighted by Gasteiger charge is -2.16. The molecule has 8 heteroatoms. The number of hydrogen-bond acceptors (Lipinski definition) is 6. The number of nitro groups is 1. The summed E-state index contributed by atoms with van der Waals surface area (Å²) in [6.07, 6.45) is 0.0568. The van der Waals surface area contributed by atoms with Crippen LogP contribution < -0.4 is 0 Å². The molecule has 0 radical (unpaired) electrons. The Balaban J connectivity index is 1.78. The van der Waals surface area contributed by atoms with Crippen molar-refractivity contribution in [1.82, 2.24) is 4.90 Å². The first-order valence-electron chi connectivity index (χ1n) is 8.18.